The van der Waals surface area contributed by atoms with Crippen molar-refractivity contribution in [3.63, 3.8) is 0 Å². The first kappa shape index (κ1) is 21.9. The number of carbonyl (C=O) groups excluding carboxylic acids is 1. The molecule has 0 aliphatic carbocycles. The molecule has 0 radical (unpaired) electrons. The summed E-state index contributed by atoms with van der Waals surface area (Å²) in [6.45, 7) is -0.0732. The third kappa shape index (κ3) is 5.32. The minimum absolute atomic E-state index is 0. The van der Waals surface area contributed by atoms with Crippen molar-refractivity contribution in [2.45, 2.75) is 20.5 Å². The predicted molar refractivity (Wildman–Crippen MR) is 110 cm³/mol. The predicted octanol–water partition coefficient (Wildman–Crippen LogP) is 6.48. The van der Waals surface area contributed by atoms with E-state index in [1.165, 1.54) is 18.2 Å². The maximum atomic E-state index is 14.3. The molecule has 28 heavy (non-hydrogen) atoms. The molecular weight excluding hydrogens is 402 g/mol. The van der Waals surface area contributed by atoms with Gasteiger partial charge in [0.2, 0.25) is 0 Å². The van der Waals surface area contributed by atoms with E-state index in [0.29, 0.717) is 26.9 Å². The van der Waals surface area contributed by atoms with Gasteiger partial charge in [-0.05, 0) is 53.6 Å². The second-order valence-corrected chi connectivity index (χ2v) is 6.71. The molecule has 3 rings (SSSR count). The zero-order valence-corrected chi connectivity index (χ0v) is 15.6. The molecule has 0 aromatic heterocycles. The summed E-state index contributed by atoms with van der Waals surface area (Å²) in [5.74, 6) is -0.259. The molecule has 146 valence electrons. The van der Waals surface area contributed by atoms with Crippen molar-refractivity contribution in [1.82, 2.24) is 0 Å². The van der Waals surface area contributed by atoms with Gasteiger partial charge in [0, 0.05) is 12.0 Å². The van der Waals surface area contributed by atoms with Crippen molar-refractivity contribution >= 4 is 29.0 Å². The molecule has 0 bridgehead atoms. The van der Waals surface area contributed by atoms with Crippen LogP contribution in [0.25, 0.3) is 0 Å². The van der Waals surface area contributed by atoms with Gasteiger partial charge >= 0.3 is 0 Å². The van der Waals surface area contributed by atoms with Crippen LogP contribution in [-0.2, 0) is 13.0 Å². The Balaban J connectivity index is 0.00000280. The lowest BCUT2D eigenvalue weighted by Gasteiger charge is -2.09. The van der Waals surface area contributed by atoms with Crippen LogP contribution in [0.3, 0.4) is 0 Å². The number of ketones is 1. The summed E-state index contributed by atoms with van der Waals surface area (Å²) in [7, 11) is 0. The molecular formula is C22H19Cl2FO3. The molecule has 0 spiro atoms. The van der Waals surface area contributed by atoms with E-state index in [2.05, 4.69) is 0 Å². The molecule has 0 fully saturated rings. The van der Waals surface area contributed by atoms with Gasteiger partial charge in [0.05, 0.1) is 16.7 Å². The van der Waals surface area contributed by atoms with Crippen LogP contribution in [0.15, 0.2) is 60.7 Å². The van der Waals surface area contributed by atoms with Gasteiger partial charge < -0.3 is 9.84 Å². The first-order valence-electron chi connectivity index (χ1n) is 8.10. The van der Waals surface area contributed by atoms with Gasteiger partial charge in [-0.1, -0.05) is 48.8 Å². The Hall–Kier alpha value is -2.40. The van der Waals surface area contributed by atoms with E-state index >= 15 is 0 Å². The van der Waals surface area contributed by atoms with Gasteiger partial charge in [-0.15, -0.1) is 0 Å². The highest BCUT2D eigenvalue weighted by Gasteiger charge is 2.12. The van der Waals surface area contributed by atoms with Gasteiger partial charge in [-0.2, -0.15) is 0 Å². The first-order chi connectivity index (χ1) is 13.0. The molecule has 6 heteroatoms. The Morgan fingerprint density at radius 3 is 2.21 bits per heavy atom. The normalized spacial score (nSPS) is 10.3. The number of ether oxygens (including phenoxy) is 1. The van der Waals surface area contributed by atoms with Gasteiger partial charge in [0.1, 0.15) is 5.75 Å². The van der Waals surface area contributed by atoms with E-state index in [9.17, 15) is 9.18 Å². The van der Waals surface area contributed by atoms with Crippen molar-refractivity contribution in [2.24, 2.45) is 0 Å². The summed E-state index contributed by atoms with van der Waals surface area (Å²) in [6.07, 6.45) is 0.0281. The van der Waals surface area contributed by atoms with E-state index in [1.54, 1.807) is 42.5 Å². The molecule has 0 amide bonds. The summed E-state index contributed by atoms with van der Waals surface area (Å²) >= 11 is 11.8. The van der Waals surface area contributed by atoms with Crippen molar-refractivity contribution in [2.75, 3.05) is 0 Å². The van der Waals surface area contributed by atoms with Gasteiger partial charge in [0.25, 0.3) is 0 Å². The standard InChI is InChI=1S/C21H15Cl2FO3.CH4/c22-17-7-4-15(11-18(17)23)20(26)10-14-3-8-21(19(24)9-14)27-16-5-1-13(12-25)2-6-16;/h1-9,11,25H,10,12H2;1H4. The number of halogens is 3. The summed E-state index contributed by atoms with van der Waals surface area (Å²) in [5.41, 5.74) is 1.67. The molecule has 0 unspecified atom stereocenters. The van der Waals surface area contributed by atoms with E-state index in [4.69, 9.17) is 33.0 Å². The van der Waals surface area contributed by atoms with Crippen LogP contribution < -0.4 is 4.74 Å². The van der Waals surface area contributed by atoms with Crippen LogP contribution in [-0.4, -0.2) is 10.9 Å². The van der Waals surface area contributed by atoms with Crippen LogP contribution >= 0.6 is 23.2 Å². The van der Waals surface area contributed by atoms with E-state index in [0.717, 1.165) is 5.56 Å². The molecule has 0 saturated carbocycles. The third-order valence-electron chi connectivity index (χ3n) is 3.94. The molecule has 3 nitrogen and oxygen atoms in total. The number of benzene rings is 3. The third-order valence-corrected chi connectivity index (χ3v) is 4.68. The molecule has 0 aliphatic rings. The Kier molecular flexibility index (Phi) is 7.58. The lowest BCUT2D eigenvalue weighted by atomic mass is 10.0. The molecule has 3 aromatic rings. The second-order valence-electron chi connectivity index (χ2n) is 5.90. The van der Waals surface area contributed by atoms with Gasteiger partial charge in [-0.25, -0.2) is 4.39 Å². The number of carbonyl (C=O) groups is 1. The quantitative estimate of drug-likeness (QED) is 0.464. The minimum Gasteiger partial charge on any atom is -0.454 e. The average molecular weight is 421 g/mol. The van der Waals surface area contributed by atoms with Crippen LogP contribution in [0, 0.1) is 5.82 Å². The van der Waals surface area contributed by atoms with Crippen LogP contribution in [0.2, 0.25) is 10.0 Å². The fraction of sp³-hybridized carbons (Fsp3) is 0.136. The number of Topliss-reactive ketones (excluding diaryl/α,β-unsaturated/α-hetero) is 1. The van der Waals surface area contributed by atoms with Crippen LogP contribution in [0.4, 0.5) is 4.39 Å². The zero-order chi connectivity index (χ0) is 19.4. The highest BCUT2D eigenvalue weighted by Crippen LogP contribution is 2.27. The fourth-order valence-corrected chi connectivity index (χ4v) is 2.78. The van der Waals surface area contributed by atoms with E-state index in [-0.39, 0.29) is 32.0 Å². The monoisotopic (exact) mass is 420 g/mol. The summed E-state index contributed by atoms with van der Waals surface area (Å²) < 4.78 is 19.8. The molecule has 3 aromatic carbocycles. The van der Waals surface area contributed by atoms with E-state index in [1.807, 2.05) is 0 Å². The Morgan fingerprint density at radius 2 is 1.61 bits per heavy atom. The number of hydrogen-bond acceptors (Lipinski definition) is 3. The summed E-state index contributed by atoms with van der Waals surface area (Å²) in [4.78, 5) is 12.3. The summed E-state index contributed by atoms with van der Waals surface area (Å²) in [5, 5.41) is 9.70. The number of rotatable bonds is 6. The highest BCUT2D eigenvalue weighted by molar-refractivity contribution is 6.42. The largest absolute Gasteiger partial charge is 0.454 e. The van der Waals surface area contributed by atoms with Crippen LogP contribution in [0.1, 0.15) is 28.9 Å². The maximum Gasteiger partial charge on any atom is 0.167 e. The summed E-state index contributed by atoms with van der Waals surface area (Å²) in [6, 6.07) is 15.7. The van der Waals surface area contributed by atoms with Gasteiger partial charge in [0.15, 0.2) is 17.3 Å². The fourth-order valence-electron chi connectivity index (χ4n) is 2.48. The molecule has 0 saturated heterocycles. The first-order valence-corrected chi connectivity index (χ1v) is 8.86. The molecule has 0 aliphatic heterocycles. The highest BCUT2D eigenvalue weighted by atomic mass is 35.5. The lowest BCUT2D eigenvalue weighted by Crippen LogP contribution is -2.04. The Bertz CT molecular complexity index is 972. The smallest absolute Gasteiger partial charge is 0.167 e. The molecule has 0 heterocycles. The van der Waals surface area contributed by atoms with Crippen molar-refractivity contribution in [3.8, 4) is 11.5 Å². The second kappa shape index (κ2) is 9.69. The molecule has 1 N–H and O–H groups in total. The van der Waals surface area contributed by atoms with Crippen LogP contribution in [0.5, 0.6) is 11.5 Å². The number of aliphatic hydroxyl groups is 1. The number of aliphatic hydroxyl groups excluding tert-OH is 1. The number of hydrogen-bond donors (Lipinski definition) is 1. The molecule has 0 atom stereocenters. The Labute approximate surface area is 173 Å². The maximum absolute atomic E-state index is 14.3. The lowest BCUT2D eigenvalue weighted by molar-refractivity contribution is 0.0993. The average Bonchev–Trinajstić information content (AvgIpc) is 2.66. The topological polar surface area (TPSA) is 46.5 Å². The van der Waals surface area contributed by atoms with Crippen molar-refractivity contribution in [1.29, 1.82) is 0 Å². The minimum atomic E-state index is -0.569. The Morgan fingerprint density at radius 1 is 0.929 bits per heavy atom. The SMILES string of the molecule is C.O=C(Cc1ccc(Oc2ccc(CO)cc2)c(F)c1)c1ccc(Cl)c(Cl)c1. The zero-order valence-electron chi connectivity index (χ0n) is 14.1. The van der Waals surface area contributed by atoms with Crippen molar-refractivity contribution < 1.29 is 19.0 Å². The van der Waals surface area contributed by atoms with E-state index < -0.39 is 5.82 Å². The van der Waals surface area contributed by atoms with Gasteiger partial charge in [-0.3, -0.25) is 4.79 Å². The van der Waals surface area contributed by atoms with Crippen molar-refractivity contribution in [3.05, 3.63) is 93.2 Å².